The summed E-state index contributed by atoms with van der Waals surface area (Å²) in [7, 11) is 0. The fourth-order valence-corrected chi connectivity index (χ4v) is 9.95. The van der Waals surface area contributed by atoms with E-state index < -0.39 is 67.4 Å². The van der Waals surface area contributed by atoms with Gasteiger partial charge in [-0.15, -0.1) is 0 Å². The standard InChI is InChI=1S/C67H121NO10/c1-4-7-10-13-16-19-22-25-26-27-28-29-30-31-32-33-34-35-36-37-40-43-46-49-52-55-62(72)78-65-64(74)63(73)61(56-69)77-67(65)76-57-58(59(70)53-50-47-44-41-38-23-20-17-14-11-8-5-2)68-66(75)60(71)54-51-48-45-42-39-24-21-18-15-12-9-6-3/h16,19,25-26,28-29,39,42,50,53,58-61,63-65,67,69-71,73-74H,4-15,17-18,20-24,27,30-38,40-41,43-49,51-52,54-57H2,1-3H3,(H,68,75)/b19-16-,26-25-,29-28-,42-39-,53-50+. The number of aliphatic hydroxyl groups is 5. The van der Waals surface area contributed by atoms with E-state index in [4.69, 9.17) is 14.2 Å². The van der Waals surface area contributed by atoms with Crippen molar-refractivity contribution in [2.24, 2.45) is 0 Å². The number of aliphatic hydroxyl groups excluding tert-OH is 5. The molecule has 1 rings (SSSR count). The van der Waals surface area contributed by atoms with Crippen molar-refractivity contribution in [1.29, 1.82) is 0 Å². The molecule has 1 amide bonds. The second-order valence-electron chi connectivity index (χ2n) is 22.5. The molecule has 11 heteroatoms. The van der Waals surface area contributed by atoms with E-state index in [1.54, 1.807) is 6.08 Å². The van der Waals surface area contributed by atoms with Crippen molar-refractivity contribution in [2.45, 2.75) is 339 Å². The topological polar surface area (TPSA) is 175 Å². The summed E-state index contributed by atoms with van der Waals surface area (Å²) < 4.78 is 17.6. The van der Waals surface area contributed by atoms with Gasteiger partial charge in [0, 0.05) is 6.42 Å². The highest BCUT2D eigenvalue weighted by Crippen LogP contribution is 2.26. The summed E-state index contributed by atoms with van der Waals surface area (Å²) in [4.78, 5) is 26.5. The zero-order valence-electron chi connectivity index (χ0n) is 50.3. The lowest BCUT2D eigenvalue weighted by atomic mass is 9.99. The summed E-state index contributed by atoms with van der Waals surface area (Å²) in [5.74, 6) is -1.21. The summed E-state index contributed by atoms with van der Waals surface area (Å²) in [6.45, 7) is 5.75. The Labute approximate surface area is 478 Å². The Kier molecular flexibility index (Phi) is 51.7. The number of esters is 1. The van der Waals surface area contributed by atoms with E-state index >= 15 is 0 Å². The number of carbonyl (C=O) groups excluding carboxylic acids is 2. The Morgan fingerprint density at radius 2 is 0.885 bits per heavy atom. The maximum atomic E-state index is 13.4. The third-order valence-electron chi connectivity index (χ3n) is 15.1. The molecule has 78 heavy (non-hydrogen) atoms. The van der Waals surface area contributed by atoms with E-state index in [1.165, 1.54) is 173 Å². The molecule has 0 aromatic carbocycles. The van der Waals surface area contributed by atoms with E-state index in [2.05, 4.69) is 74.7 Å². The van der Waals surface area contributed by atoms with Crippen LogP contribution in [0.5, 0.6) is 0 Å². The Morgan fingerprint density at radius 1 is 0.500 bits per heavy atom. The van der Waals surface area contributed by atoms with Crippen LogP contribution in [-0.4, -0.2) is 99.6 Å². The molecular weight excluding hydrogens is 979 g/mol. The quantitative estimate of drug-likeness (QED) is 0.0195. The molecular formula is C67H121NO10. The number of rotatable bonds is 55. The normalized spacial score (nSPS) is 19.3. The van der Waals surface area contributed by atoms with Gasteiger partial charge < -0.3 is 45.1 Å². The highest BCUT2D eigenvalue weighted by Gasteiger charge is 2.47. The van der Waals surface area contributed by atoms with Crippen molar-refractivity contribution in [1.82, 2.24) is 5.32 Å². The van der Waals surface area contributed by atoms with Gasteiger partial charge in [0.25, 0.3) is 0 Å². The molecule has 1 fully saturated rings. The van der Waals surface area contributed by atoms with Gasteiger partial charge in [0.15, 0.2) is 12.4 Å². The van der Waals surface area contributed by atoms with Crippen LogP contribution in [0.3, 0.4) is 0 Å². The van der Waals surface area contributed by atoms with Crippen LogP contribution in [0.1, 0.15) is 290 Å². The predicted octanol–water partition coefficient (Wildman–Crippen LogP) is 15.8. The number of nitrogens with one attached hydrogen (secondary N) is 1. The van der Waals surface area contributed by atoms with Gasteiger partial charge in [0.05, 0.1) is 25.4 Å². The van der Waals surface area contributed by atoms with Crippen molar-refractivity contribution in [3.63, 3.8) is 0 Å². The third-order valence-corrected chi connectivity index (χ3v) is 15.1. The number of allylic oxidation sites excluding steroid dienone is 9. The second-order valence-corrected chi connectivity index (χ2v) is 22.5. The maximum Gasteiger partial charge on any atom is 0.306 e. The predicted molar refractivity (Wildman–Crippen MR) is 324 cm³/mol. The number of hydrogen-bond acceptors (Lipinski definition) is 10. The van der Waals surface area contributed by atoms with E-state index in [0.717, 1.165) is 70.6 Å². The molecule has 0 aromatic heterocycles. The first-order chi connectivity index (χ1) is 38.2. The average Bonchev–Trinajstić information content (AvgIpc) is 3.44. The van der Waals surface area contributed by atoms with Gasteiger partial charge in [-0.2, -0.15) is 0 Å². The van der Waals surface area contributed by atoms with Crippen molar-refractivity contribution < 1.29 is 49.3 Å². The molecule has 6 N–H and O–H groups in total. The van der Waals surface area contributed by atoms with E-state index in [-0.39, 0.29) is 19.4 Å². The number of hydrogen-bond donors (Lipinski definition) is 6. The van der Waals surface area contributed by atoms with E-state index in [0.29, 0.717) is 12.8 Å². The fraction of sp³-hybridized carbons (Fsp3) is 0.821. The molecule has 0 bridgehead atoms. The van der Waals surface area contributed by atoms with Gasteiger partial charge in [-0.05, 0) is 89.9 Å². The summed E-state index contributed by atoms with van der Waals surface area (Å²) in [5, 5.41) is 56.9. The SMILES string of the molecule is CCCCC/C=C\C/C=C\C/C=C\CCCCCCCCCCCCCCC(=O)OC1C(OCC(NC(=O)C(O)CCCC/C=C\CCCCCCCC)C(O)/C=C/CCCCCCCCCCCC)OC(CO)C(O)C1O. The average molecular weight is 1100 g/mol. The zero-order chi connectivity index (χ0) is 56.8. The monoisotopic (exact) mass is 1100 g/mol. The van der Waals surface area contributed by atoms with Crippen LogP contribution in [0.4, 0.5) is 0 Å². The Bertz CT molecular complexity index is 1500. The molecule has 8 atom stereocenters. The van der Waals surface area contributed by atoms with E-state index in [1.807, 2.05) is 6.08 Å². The maximum absolute atomic E-state index is 13.4. The van der Waals surface area contributed by atoms with Gasteiger partial charge in [-0.25, -0.2) is 0 Å². The zero-order valence-corrected chi connectivity index (χ0v) is 50.3. The minimum Gasteiger partial charge on any atom is -0.454 e. The molecule has 0 saturated carbocycles. The lowest BCUT2D eigenvalue weighted by Gasteiger charge is -2.41. The molecule has 0 aliphatic carbocycles. The molecule has 1 aliphatic heterocycles. The first-order valence-electron chi connectivity index (χ1n) is 32.6. The molecule has 454 valence electrons. The number of amides is 1. The van der Waals surface area contributed by atoms with Crippen LogP contribution in [0.15, 0.2) is 60.8 Å². The van der Waals surface area contributed by atoms with Gasteiger partial charge >= 0.3 is 5.97 Å². The van der Waals surface area contributed by atoms with Crippen LogP contribution in [0.2, 0.25) is 0 Å². The fourth-order valence-electron chi connectivity index (χ4n) is 9.95. The first kappa shape index (κ1) is 73.4. The third kappa shape index (κ3) is 42.2. The molecule has 8 unspecified atom stereocenters. The lowest BCUT2D eigenvalue weighted by molar-refractivity contribution is -0.305. The Morgan fingerprint density at radius 3 is 1.36 bits per heavy atom. The second kappa shape index (κ2) is 54.9. The minimum absolute atomic E-state index is 0.119. The van der Waals surface area contributed by atoms with Crippen molar-refractivity contribution in [2.75, 3.05) is 13.2 Å². The first-order valence-corrected chi connectivity index (χ1v) is 32.6. The smallest absolute Gasteiger partial charge is 0.306 e. The Hall–Kier alpha value is -2.64. The summed E-state index contributed by atoms with van der Waals surface area (Å²) >= 11 is 0. The lowest BCUT2D eigenvalue weighted by Crippen LogP contribution is -2.61. The van der Waals surface area contributed by atoms with Crippen LogP contribution >= 0.6 is 0 Å². The Balaban J connectivity index is 2.58. The van der Waals surface area contributed by atoms with Crippen LogP contribution in [0, 0.1) is 0 Å². The van der Waals surface area contributed by atoms with E-state index in [9.17, 15) is 35.1 Å². The van der Waals surface area contributed by atoms with Crippen LogP contribution < -0.4 is 5.32 Å². The summed E-state index contributed by atoms with van der Waals surface area (Å²) in [6, 6.07) is -1.03. The van der Waals surface area contributed by atoms with Gasteiger partial charge in [0.1, 0.15) is 24.4 Å². The van der Waals surface area contributed by atoms with Crippen LogP contribution in [-0.2, 0) is 23.8 Å². The highest BCUT2D eigenvalue weighted by atomic mass is 16.7. The molecule has 11 nitrogen and oxygen atoms in total. The van der Waals surface area contributed by atoms with Gasteiger partial charge in [0.2, 0.25) is 5.91 Å². The van der Waals surface area contributed by atoms with Crippen molar-refractivity contribution in [3.8, 4) is 0 Å². The van der Waals surface area contributed by atoms with Crippen molar-refractivity contribution in [3.05, 3.63) is 60.8 Å². The minimum atomic E-state index is -1.62. The number of ether oxygens (including phenoxy) is 3. The number of unbranched alkanes of at least 4 members (excludes halogenated alkanes) is 33. The summed E-state index contributed by atoms with van der Waals surface area (Å²) in [6.07, 6.45) is 58.4. The largest absolute Gasteiger partial charge is 0.454 e. The highest BCUT2D eigenvalue weighted by molar-refractivity contribution is 5.80. The van der Waals surface area contributed by atoms with Crippen molar-refractivity contribution >= 4 is 11.9 Å². The number of carbonyl (C=O) groups is 2. The molecule has 0 aromatic rings. The molecule has 1 aliphatic rings. The molecule has 1 saturated heterocycles. The van der Waals surface area contributed by atoms with Gasteiger partial charge in [-0.1, -0.05) is 255 Å². The molecule has 0 radical (unpaired) electrons. The van der Waals surface area contributed by atoms with Gasteiger partial charge in [-0.3, -0.25) is 9.59 Å². The van der Waals surface area contributed by atoms with Crippen LogP contribution in [0.25, 0.3) is 0 Å². The summed E-state index contributed by atoms with van der Waals surface area (Å²) in [5.41, 5.74) is 0. The molecule has 0 spiro atoms. The molecule has 1 heterocycles.